The van der Waals surface area contributed by atoms with Crippen molar-refractivity contribution in [1.82, 2.24) is 9.97 Å². The average Bonchev–Trinajstić information content (AvgIpc) is 2.16. The number of ether oxygens (including phenoxy) is 2. The third kappa shape index (κ3) is 2.08. The summed E-state index contributed by atoms with van der Waals surface area (Å²) in [6.45, 7) is 4.13. The van der Waals surface area contributed by atoms with Gasteiger partial charge in [-0.3, -0.25) is 0 Å². The van der Waals surface area contributed by atoms with Crippen LogP contribution in [0.15, 0.2) is 6.20 Å². The van der Waals surface area contributed by atoms with Crippen molar-refractivity contribution in [3.63, 3.8) is 0 Å². The van der Waals surface area contributed by atoms with E-state index in [0.717, 1.165) is 5.56 Å². The molecule has 0 saturated carbocycles. The topological polar surface area (TPSA) is 44.2 Å². The third-order valence-corrected chi connectivity index (χ3v) is 1.76. The molecule has 1 aromatic rings. The number of aromatic nitrogens is 2. The van der Waals surface area contributed by atoms with Gasteiger partial charge in [0.05, 0.1) is 14.2 Å². The number of rotatable bonds is 3. The normalized spacial score (nSPS) is 10.2. The third-order valence-electron chi connectivity index (χ3n) is 1.76. The Bertz CT molecular complexity index is 287. The summed E-state index contributed by atoms with van der Waals surface area (Å²) in [4.78, 5) is 8.09. The van der Waals surface area contributed by atoms with Crippen LogP contribution >= 0.6 is 0 Å². The molecule has 0 bridgehead atoms. The highest BCUT2D eigenvalue weighted by molar-refractivity contribution is 5.27. The van der Waals surface area contributed by atoms with Crippen molar-refractivity contribution >= 4 is 0 Å². The first-order chi connectivity index (χ1) is 6.19. The second kappa shape index (κ2) is 4.07. The fraction of sp³-hybridized carbons (Fsp3) is 0.556. The Labute approximate surface area is 77.9 Å². The summed E-state index contributed by atoms with van der Waals surface area (Å²) in [5.41, 5.74) is 0.989. The highest BCUT2D eigenvalue weighted by Gasteiger charge is 2.10. The highest BCUT2D eigenvalue weighted by Crippen LogP contribution is 2.24. The van der Waals surface area contributed by atoms with E-state index in [0.29, 0.717) is 17.8 Å². The fourth-order valence-corrected chi connectivity index (χ4v) is 1.02. The summed E-state index contributed by atoms with van der Waals surface area (Å²) in [7, 11) is 3.12. The Morgan fingerprint density at radius 1 is 1.23 bits per heavy atom. The van der Waals surface area contributed by atoms with Crippen LogP contribution in [-0.2, 0) is 0 Å². The van der Waals surface area contributed by atoms with Gasteiger partial charge in [0.15, 0.2) is 0 Å². The minimum absolute atomic E-state index is 0.334. The van der Waals surface area contributed by atoms with Gasteiger partial charge in [-0.1, -0.05) is 13.8 Å². The Balaban J connectivity index is 3.08. The van der Waals surface area contributed by atoms with E-state index in [2.05, 4.69) is 23.8 Å². The zero-order valence-corrected chi connectivity index (χ0v) is 8.37. The summed E-state index contributed by atoms with van der Waals surface area (Å²) >= 11 is 0. The van der Waals surface area contributed by atoms with E-state index in [4.69, 9.17) is 9.47 Å². The highest BCUT2D eigenvalue weighted by atomic mass is 16.5. The van der Waals surface area contributed by atoms with E-state index in [1.54, 1.807) is 13.3 Å². The first kappa shape index (κ1) is 9.77. The van der Waals surface area contributed by atoms with Gasteiger partial charge in [-0.25, -0.2) is 4.98 Å². The second-order valence-corrected chi connectivity index (χ2v) is 2.98. The predicted molar refractivity (Wildman–Crippen MR) is 49.2 cm³/mol. The van der Waals surface area contributed by atoms with Gasteiger partial charge >= 0.3 is 6.01 Å². The summed E-state index contributed by atoms with van der Waals surface area (Å²) in [5, 5.41) is 0. The van der Waals surface area contributed by atoms with E-state index in [1.165, 1.54) is 7.11 Å². The van der Waals surface area contributed by atoms with Gasteiger partial charge in [-0.2, -0.15) is 4.98 Å². The van der Waals surface area contributed by atoms with Gasteiger partial charge in [0.1, 0.15) is 0 Å². The number of hydrogen-bond acceptors (Lipinski definition) is 4. The largest absolute Gasteiger partial charge is 0.481 e. The van der Waals surface area contributed by atoms with E-state index in [-0.39, 0.29) is 0 Å². The Morgan fingerprint density at radius 2 is 1.92 bits per heavy atom. The maximum Gasteiger partial charge on any atom is 0.319 e. The summed E-state index contributed by atoms with van der Waals surface area (Å²) < 4.78 is 10.0. The smallest absolute Gasteiger partial charge is 0.319 e. The molecular weight excluding hydrogens is 168 g/mol. The molecule has 0 aromatic carbocycles. The van der Waals surface area contributed by atoms with Crippen molar-refractivity contribution in [2.75, 3.05) is 14.2 Å². The lowest BCUT2D eigenvalue weighted by molar-refractivity contribution is 0.347. The molecule has 4 nitrogen and oxygen atoms in total. The molecule has 0 fully saturated rings. The molecule has 0 aliphatic rings. The van der Waals surface area contributed by atoms with E-state index in [1.807, 2.05) is 0 Å². The molecule has 72 valence electrons. The van der Waals surface area contributed by atoms with Gasteiger partial charge in [-0.15, -0.1) is 0 Å². The van der Waals surface area contributed by atoms with Crippen LogP contribution in [0.3, 0.4) is 0 Å². The van der Waals surface area contributed by atoms with Crippen LogP contribution in [0.25, 0.3) is 0 Å². The van der Waals surface area contributed by atoms with Crippen LogP contribution in [0.1, 0.15) is 25.3 Å². The molecule has 0 aliphatic carbocycles. The predicted octanol–water partition coefficient (Wildman–Crippen LogP) is 1.62. The van der Waals surface area contributed by atoms with E-state index in [9.17, 15) is 0 Å². The molecule has 0 radical (unpaired) electrons. The second-order valence-electron chi connectivity index (χ2n) is 2.98. The van der Waals surface area contributed by atoms with Crippen molar-refractivity contribution < 1.29 is 9.47 Å². The average molecular weight is 182 g/mol. The Hall–Kier alpha value is -1.32. The quantitative estimate of drug-likeness (QED) is 0.712. The van der Waals surface area contributed by atoms with E-state index >= 15 is 0 Å². The molecule has 0 unspecified atom stereocenters. The molecule has 1 rings (SSSR count). The van der Waals surface area contributed by atoms with Crippen LogP contribution in [0.4, 0.5) is 0 Å². The monoisotopic (exact) mass is 182 g/mol. The molecule has 13 heavy (non-hydrogen) atoms. The maximum absolute atomic E-state index is 5.12. The van der Waals surface area contributed by atoms with Crippen molar-refractivity contribution in [2.24, 2.45) is 0 Å². The van der Waals surface area contributed by atoms with Gasteiger partial charge in [0.2, 0.25) is 5.88 Å². The minimum atomic E-state index is 0.334. The zero-order valence-electron chi connectivity index (χ0n) is 8.37. The summed E-state index contributed by atoms with van der Waals surface area (Å²) in [6.07, 6.45) is 1.73. The van der Waals surface area contributed by atoms with Gasteiger partial charge in [0.25, 0.3) is 0 Å². The molecule has 0 aliphatic heterocycles. The number of hydrogen-bond donors (Lipinski definition) is 0. The zero-order chi connectivity index (χ0) is 9.84. The lowest BCUT2D eigenvalue weighted by atomic mass is 10.1. The van der Waals surface area contributed by atoms with Crippen molar-refractivity contribution in [3.8, 4) is 11.9 Å². The molecule has 0 saturated heterocycles. The van der Waals surface area contributed by atoms with Crippen LogP contribution in [0.2, 0.25) is 0 Å². The van der Waals surface area contributed by atoms with Crippen LogP contribution in [0.5, 0.6) is 11.9 Å². The van der Waals surface area contributed by atoms with Gasteiger partial charge in [0, 0.05) is 11.8 Å². The summed E-state index contributed by atoms with van der Waals surface area (Å²) in [5.74, 6) is 0.933. The summed E-state index contributed by atoms with van der Waals surface area (Å²) in [6, 6.07) is 0.334. The fourth-order valence-electron chi connectivity index (χ4n) is 1.02. The molecule has 4 heteroatoms. The lowest BCUT2D eigenvalue weighted by Crippen LogP contribution is -2.01. The standard InChI is InChI=1S/C9H14N2O2/c1-6(2)7-5-10-9(13-4)11-8(7)12-3/h5-6H,1-4H3. The van der Waals surface area contributed by atoms with Crippen molar-refractivity contribution in [1.29, 1.82) is 0 Å². The number of methoxy groups -OCH3 is 2. The molecule has 0 spiro atoms. The molecule has 0 N–H and O–H groups in total. The molecule has 0 amide bonds. The molecule has 1 aromatic heterocycles. The van der Waals surface area contributed by atoms with Crippen molar-refractivity contribution in [3.05, 3.63) is 11.8 Å². The van der Waals surface area contributed by atoms with Gasteiger partial charge in [-0.05, 0) is 5.92 Å². The molecular formula is C9H14N2O2. The molecule has 0 atom stereocenters. The molecule has 1 heterocycles. The first-order valence-electron chi connectivity index (χ1n) is 4.14. The van der Waals surface area contributed by atoms with Crippen molar-refractivity contribution in [2.45, 2.75) is 19.8 Å². The maximum atomic E-state index is 5.12. The minimum Gasteiger partial charge on any atom is -0.481 e. The van der Waals surface area contributed by atoms with Crippen LogP contribution in [0, 0.1) is 0 Å². The Kier molecular flexibility index (Phi) is 3.06. The van der Waals surface area contributed by atoms with Gasteiger partial charge < -0.3 is 9.47 Å². The van der Waals surface area contributed by atoms with Crippen LogP contribution in [-0.4, -0.2) is 24.2 Å². The van der Waals surface area contributed by atoms with E-state index < -0.39 is 0 Å². The van der Waals surface area contributed by atoms with Crippen LogP contribution < -0.4 is 9.47 Å². The Morgan fingerprint density at radius 3 is 2.38 bits per heavy atom. The first-order valence-corrected chi connectivity index (χ1v) is 4.14. The SMILES string of the molecule is COc1ncc(C(C)C)c(OC)n1. The number of nitrogens with zero attached hydrogens (tertiary/aromatic N) is 2. The lowest BCUT2D eigenvalue weighted by Gasteiger charge is -2.10.